The van der Waals surface area contributed by atoms with Gasteiger partial charge in [-0.15, -0.1) is 10.2 Å². The minimum absolute atomic E-state index is 0.232. The third kappa shape index (κ3) is 3.88. The fourth-order valence-electron chi connectivity index (χ4n) is 3.06. The van der Waals surface area contributed by atoms with Crippen LogP contribution in [0.4, 0.5) is 5.13 Å². The number of nitrogens with zero attached hydrogens (tertiary/aromatic N) is 2. The summed E-state index contributed by atoms with van der Waals surface area (Å²) in [5.74, 6) is -0.582. The van der Waals surface area contributed by atoms with Gasteiger partial charge in [0.15, 0.2) is 5.01 Å². The highest BCUT2D eigenvalue weighted by Gasteiger charge is 2.21. The molecule has 0 unspecified atom stereocenters. The zero-order valence-corrected chi connectivity index (χ0v) is 16.7. The van der Waals surface area contributed by atoms with Gasteiger partial charge in [-0.25, -0.2) is 0 Å². The zero-order chi connectivity index (χ0) is 20.4. The number of amides is 1. The summed E-state index contributed by atoms with van der Waals surface area (Å²) >= 11 is 1.17. The summed E-state index contributed by atoms with van der Waals surface area (Å²) in [4.78, 5) is 27.9. The summed E-state index contributed by atoms with van der Waals surface area (Å²) < 4.78 is 5.85. The standard InChI is InChI=1S/C21H18N4O3S/c1-12-6-5-7-13(2)19(12)28-11-17-24-25-21(29-17)23-20(27)18(26)15-10-22-16-9-4-3-8-14(15)16/h3-10,22H,11H2,1-2H3,(H,23,25,27). The third-order valence-corrected chi connectivity index (χ3v) is 5.29. The fourth-order valence-corrected chi connectivity index (χ4v) is 3.71. The van der Waals surface area contributed by atoms with Crippen LogP contribution in [0, 0.1) is 13.8 Å². The number of rotatable bonds is 6. The van der Waals surface area contributed by atoms with Crippen LogP contribution >= 0.6 is 11.3 Å². The van der Waals surface area contributed by atoms with Crippen molar-refractivity contribution >= 4 is 39.1 Å². The van der Waals surface area contributed by atoms with Crippen LogP contribution in [0.3, 0.4) is 0 Å². The van der Waals surface area contributed by atoms with Crippen molar-refractivity contribution in [3.8, 4) is 5.75 Å². The van der Waals surface area contributed by atoms with E-state index in [2.05, 4.69) is 20.5 Å². The average Bonchev–Trinajstić information content (AvgIpc) is 3.34. The lowest BCUT2D eigenvalue weighted by Gasteiger charge is -2.10. The summed E-state index contributed by atoms with van der Waals surface area (Å²) in [5, 5.41) is 12.0. The molecular formula is C21H18N4O3S. The van der Waals surface area contributed by atoms with Crippen LogP contribution in [-0.2, 0) is 11.4 Å². The lowest BCUT2D eigenvalue weighted by atomic mass is 10.1. The monoisotopic (exact) mass is 406 g/mol. The molecule has 7 nitrogen and oxygen atoms in total. The van der Waals surface area contributed by atoms with E-state index < -0.39 is 11.7 Å². The number of hydrogen-bond donors (Lipinski definition) is 2. The van der Waals surface area contributed by atoms with Crippen molar-refractivity contribution in [1.29, 1.82) is 0 Å². The van der Waals surface area contributed by atoms with Crippen LogP contribution in [0.25, 0.3) is 10.9 Å². The number of aryl methyl sites for hydroxylation is 2. The molecule has 2 aromatic carbocycles. The van der Waals surface area contributed by atoms with Crippen LogP contribution in [0.15, 0.2) is 48.7 Å². The number of ketones is 1. The number of fused-ring (bicyclic) bond motifs is 1. The highest BCUT2D eigenvalue weighted by atomic mass is 32.1. The maximum absolute atomic E-state index is 12.5. The number of para-hydroxylation sites is 2. The van der Waals surface area contributed by atoms with Gasteiger partial charge in [-0.05, 0) is 31.0 Å². The Labute approximate surface area is 170 Å². The fraction of sp³-hybridized carbons (Fsp3) is 0.143. The van der Waals surface area contributed by atoms with Crippen LogP contribution in [-0.4, -0.2) is 26.9 Å². The van der Waals surface area contributed by atoms with Crippen molar-refractivity contribution in [2.24, 2.45) is 0 Å². The number of carbonyl (C=O) groups is 2. The number of aromatic amines is 1. The van der Waals surface area contributed by atoms with E-state index in [4.69, 9.17) is 4.74 Å². The quantitative estimate of drug-likeness (QED) is 0.372. The number of anilines is 1. The molecule has 146 valence electrons. The molecule has 2 aromatic heterocycles. The Morgan fingerprint density at radius 1 is 1.07 bits per heavy atom. The molecule has 2 heterocycles. The van der Waals surface area contributed by atoms with Crippen molar-refractivity contribution in [3.05, 3.63) is 70.4 Å². The van der Waals surface area contributed by atoms with Gasteiger partial charge in [-0.2, -0.15) is 0 Å². The van der Waals surface area contributed by atoms with Gasteiger partial charge in [-0.3, -0.25) is 14.9 Å². The number of nitrogens with one attached hydrogen (secondary N) is 2. The topological polar surface area (TPSA) is 97.0 Å². The second-order valence-corrected chi connectivity index (χ2v) is 7.60. The Morgan fingerprint density at radius 2 is 1.83 bits per heavy atom. The van der Waals surface area contributed by atoms with Crippen LogP contribution in [0.1, 0.15) is 26.5 Å². The Bertz CT molecular complexity index is 1190. The van der Waals surface area contributed by atoms with Gasteiger partial charge in [0.1, 0.15) is 12.4 Å². The average molecular weight is 406 g/mol. The van der Waals surface area contributed by atoms with Crippen molar-refractivity contribution in [2.75, 3.05) is 5.32 Å². The molecule has 29 heavy (non-hydrogen) atoms. The molecular weight excluding hydrogens is 388 g/mol. The Balaban J connectivity index is 1.42. The molecule has 0 aliphatic heterocycles. The molecule has 0 aliphatic rings. The van der Waals surface area contributed by atoms with Gasteiger partial charge < -0.3 is 9.72 Å². The lowest BCUT2D eigenvalue weighted by Crippen LogP contribution is -2.22. The molecule has 0 atom stereocenters. The molecule has 4 aromatic rings. The van der Waals surface area contributed by atoms with E-state index in [-0.39, 0.29) is 11.7 Å². The summed E-state index contributed by atoms with van der Waals surface area (Å²) in [6, 6.07) is 13.2. The molecule has 0 saturated carbocycles. The number of Topliss-reactive ketones (excluding diaryl/α,β-unsaturated/α-hetero) is 1. The van der Waals surface area contributed by atoms with Gasteiger partial charge in [0.25, 0.3) is 11.7 Å². The normalized spacial score (nSPS) is 10.8. The zero-order valence-electron chi connectivity index (χ0n) is 15.9. The highest BCUT2D eigenvalue weighted by Crippen LogP contribution is 2.25. The Hall–Kier alpha value is -3.52. The van der Waals surface area contributed by atoms with E-state index in [0.717, 1.165) is 22.4 Å². The summed E-state index contributed by atoms with van der Waals surface area (Å²) in [6.45, 7) is 4.18. The van der Waals surface area contributed by atoms with E-state index in [9.17, 15) is 9.59 Å². The first-order valence-electron chi connectivity index (χ1n) is 8.96. The van der Waals surface area contributed by atoms with Gasteiger partial charge in [-0.1, -0.05) is 47.7 Å². The van der Waals surface area contributed by atoms with Crippen molar-refractivity contribution in [3.63, 3.8) is 0 Å². The molecule has 8 heteroatoms. The second kappa shape index (κ2) is 7.84. The summed E-state index contributed by atoms with van der Waals surface area (Å²) in [7, 11) is 0. The molecule has 0 radical (unpaired) electrons. The van der Waals surface area contributed by atoms with Crippen molar-refractivity contribution in [2.45, 2.75) is 20.5 Å². The molecule has 0 spiro atoms. The van der Waals surface area contributed by atoms with Gasteiger partial charge in [0.2, 0.25) is 5.13 Å². The second-order valence-electron chi connectivity index (χ2n) is 6.54. The molecule has 4 rings (SSSR count). The van der Waals surface area contributed by atoms with Gasteiger partial charge >= 0.3 is 0 Å². The lowest BCUT2D eigenvalue weighted by molar-refractivity contribution is -0.112. The maximum atomic E-state index is 12.5. The number of ether oxygens (including phenoxy) is 1. The molecule has 0 fully saturated rings. The molecule has 1 amide bonds. The van der Waals surface area contributed by atoms with Crippen LogP contribution in [0.2, 0.25) is 0 Å². The van der Waals surface area contributed by atoms with E-state index in [1.54, 1.807) is 6.07 Å². The maximum Gasteiger partial charge on any atom is 0.298 e. The number of benzene rings is 2. The van der Waals surface area contributed by atoms with E-state index >= 15 is 0 Å². The first-order chi connectivity index (χ1) is 14.0. The first kappa shape index (κ1) is 18.8. The predicted octanol–water partition coefficient (Wildman–Crippen LogP) is 4.04. The number of hydrogen-bond acceptors (Lipinski definition) is 6. The summed E-state index contributed by atoms with van der Waals surface area (Å²) in [6.07, 6.45) is 1.54. The minimum atomic E-state index is -0.756. The van der Waals surface area contributed by atoms with Crippen molar-refractivity contribution in [1.82, 2.24) is 15.2 Å². The Kier molecular flexibility index (Phi) is 5.09. The van der Waals surface area contributed by atoms with Crippen molar-refractivity contribution < 1.29 is 14.3 Å². The number of carbonyl (C=O) groups excluding carboxylic acids is 2. The highest BCUT2D eigenvalue weighted by molar-refractivity contribution is 7.15. The van der Waals surface area contributed by atoms with E-state index in [1.807, 2.05) is 50.2 Å². The SMILES string of the molecule is Cc1cccc(C)c1OCc1nnc(NC(=O)C(=O)c2c[nH]c3ccccc23)s1. The van der Waals surface area contributed by atoms with Crippen LogP contribution in [0.5, 0.6) is 5.75 Å². The first-order valence-corrected chi connectivity index (χ1v) is 9.78. The minimum Gasteiger partial charge on any atom is -0.486 e. The smallest absolute Gasteiger partial charge is 0.298 e. The van der Waals surface area contributed by atoms with Gasteiger partial charge in [0, 0.05) is 17.1 Å². The predicted molar refractivity (Wildman–Crippen MR) is 111 cm³/mol. The molecule has 0 aliphatic carbocycles. The molecule has 0 saturated heterocycles. The van der Waals surface area contributed by atoms with E-state index in [0.29, 0.717) is 16.0 Å². The number of aromatic nitrogens is 3. The molecule has 2 N–H and O–H groups in total. The largest absolute Gasteiger partial charge is 0.486 e. The summed E-state index contributed by atoms with van der Waals surface area (Å²) in [5.41, 5.74) is 3.19. The van der Waals surface area contributed by atoms with E-state index in [1.165, 1.54) is 17.5 Å². The molecule has 0 bridgehead atoms. The van der Waals surface area contributed by atoms with Gasteiger partial charge in [0.05, 0.1) is 5.56 Å². The number of H-pyrrole nitrogens is 1. The third-order valence-electron chi connectivity index (χ3n) is 4.48. The van der Waals surface area contributed by atoms with Crippen LogP contribution < -0.4 is 10.1 Å². The Morgan fingerprint density at radius 3 is 2.62 bits per heavy atom.